The zero-order valence-corrected chi connectivity index (χ0v) is 19.9. The molecule has 4 aromatic rings. The molecular formula is C23H25F2N7O4. The smallest absolute Gasteiger partial charge is 0.267 e. The number of rotatable bonds is 8. The van der Waals surface area contributed by atoms with Crippen molar-refractivity contribution in [1.82, 2.24) is 24.1 Å². The summed E-state index contributed by atoms with van der Waals surface area (Å²) in [5.74, 6) is -0.588. The first-order valence-electron chi connectivity index (χ1n) is 11.1. The highest BCUT2D eigenvalue weighted by atomic mass is 19.3. The number of nitrogens with zero attached hydrogens (tertiary/aromatic N) is 6. The summed E-state index contributed by atoms with van der Waals surface area (Å²) in [6.07, 6.45) is 4.55. The van der Waals surface area contributed by atoms with Crippen LogP contribution in [0, 0.1) is 0 Å². The fourth-order valence-corrected chi connectivity index (χ4v) is 4.35. The lowest BCUT2D eigenvalue weighted by atomic mass is 10.2. The molecule has 1 aliphatic heterocycles. The van der Waals surface area contributed by atoms with E-state index in [9.17, 15) is 13.9 Å². The van der Waals surface area contributed by atoms with E-state index in [1.54, 1.807) is 52.1 Å². The molecule has 5 rings (SSSR count). The lowest BCUT2D eigenvalue weighted by Gasteiger charge is -2.24. The SMILES string of the molecule is COc1cc(-n2cnc(Nc3nc(N4CC(F)(F)CC4CO)c4cccn4n3)c2)cc(OC)c1OC. The van der Waals surface area contributed by atoms with Gasteiger partial charge < -0.3 is 34.1 Å². The standard InChI is InChI=1S/C23H25F2N7O4/c1-34-17-7-14(8-18(35-2)20(17)36-3)30-10-19(26-13-30)27-22-28-21(16-5-4-6-32(16)29-22)31-12-23(24,25)9-15(31)11-33/h4-8,10,13,15,33H,9,11-12H2,1-3H3,(H,27,29). The van der Waals surface area contributed by atoms with E-state index in [0.29, 0.717) is 40.1 Å². The Balaban J connectivity index is 1.47. The first-order valence-corrected chi connectivity index (χ1v) is 11.1. The van der Waals surface area contributed by atoms with Gasteiger partial charge in [0.15, 0.2) is 23.1 Å². The minimum absolute atomic E-state index is 0.163. The van der Waals surface area contributed by atoms with E-state index >= 15 is 0 Å². The Kier molecular flexibility index (Phi) is 6.00. The van der Waals surface area contributed by atoms with E-state index in [4.69, 9.17) is 14.2 Å². The minimum atomic E-state index is -2.92. The second-order valence-electron chi connectivity index (χ2n) is 8.30. The maximum absolute atomic E-state index is 14.2. The summed E-state index contributed by atoms with van der Waals surface area (Å²) in [6, 6.07) is 6.29. The van der Waals surface area contributed by atoms with Gasteiger partial charge in [-0.05, 0) is 12.1 Å². The molecule has 4 heterocycles. The number of fused-ring (bicyclic) bond motifs is 1. The molecule has 1 unspecified atom stereocenters. The van der Waals surface area contributed by atoms with E-state index in [2.05, 4.69) is 20.4 Å². The zero-order valence-electron chi connectivity index (χ0n) is 19.9. The van der Waals surface area contributed by atoms with Crippen LogP contribution in [0.1, 0.15) is 6.42 Å². The third kappa shape index (κ3) is 4.21. The Bertz CT molecular complexity index is 1370. The van der Waals surface area contributed by atoms with Crippen molar-refractivity contribution in [2.24, 2.45) is 0 Å². The van der Waals surface area contributed by atoms with Gasteiger partial charge in [0, 0.05) is 24.8 Å². The maximum atomic E-state index is 14.2. The van der Waals surface area contributed by atoms with Crippen molar-refractivity contribution < 1.29 is 28.1 Å². The summed E-state index contributed by atoms with van der Waals surface area (Å²) >= 11 is 0. The highest BCUT2D eigenvalue weighted by Crippen LogP contribution is 2.40. The highest BCUT2D eigenvalue weighted by molar-refractivity contribution is 5.71. The van der Waals surface area contributed by atoms with Crippen LogP contribution in [0.25, 0.3) is 11.2 Å². The van der Waals surface area contributed by atoms with Crippen molar-refractivity contribution in [3.63, 3.8) is 0 Å². The van der Waals surface area contributed by atoms with E-state index in [1.807, 2.05) is 0 Å². The van der Waals surface area contributed by atoms with Crippen LogP contribution in [0.15, 0.2) is 43.0 Å². The van der Waals surface area contributed by atoms with Crippen LogP contribution in [0.3, 0.4) is 0 Å². The molecule has 0 spiro atoms. The zero-order chi connectivity index (χ0) is 25.4. The number of nitrogens with one attached hydrogen (secondary N) is 1. The monoisotopic (exact) mass is 501 g/mol. The molecule has 11 nitrogen and oxygen atoms in total. The molecule has 1 aliphatic rings. The molecule has 36 heavy (non-hydrogen) atoms. The second-order valence-corrected chi connectivity index (χ2v) is 8.30. The van der Waals surface area contributed by atoms with Crippen molar-refractivity contribution in [2.45, 2.75) is 18.4 Å². The number of aromatic nitrogens is 5. The summed E-state index contributed by atoms with van der Waals surface area (Å²) in [5, 5.41) is 17.2. The molecule has 190 valence electrons. The van der Waals surface area contributed by atoms with Crippen molar-refractivity contribution in [1.29, 1.82) is 0 Å². The quantitative estimate of drug-likeness (QED) is 0.376. The van der Waals surface area contributed by atoms with Gasteiger partial charge in [-0.1, -0.05) is 0 Å². The number of aliphatic hydroxyl groups excluding tert-OH is 1. The van der Waals surface area contributed by atoms with Crippen molar-refractivity contribution in [3.05, 3.63) is 43.0 Å². The Hall–Kier alpha value is -4.13. The van der Waals surface area contributed by atoms with Crippen LogP contribution >= 0.6 is 0 Å². The van der Waals surface area contributed by atoms with Crippen molar-refractivity contribution in [3.8, 4) is 22.9 Å². The molecule has 1 atom stereocenters. The van der Waals surface area contributed by atoms with E-state index in [1.165, 1.54) is 26.2 Å². The lowest BCUT2D eigenvalue weighted by Crippen LogP contribution is -2.34. The number of imidazole rings is 1. The van der Waals surface area contributed by atoms with Crippen molar-refractivity contribution >= 4 is 23.1 Å². The number of alkyl halides is 2. The molecule has 3 aromatic heterocycles. The van der Waals surface area contributed by atoms with Gasteiger partial charge in [0.2, 0.25) is 11.7 Å². The van der Waals surface area contributed by atoms with Crippen LogP contribution in [0.5, 0.6) is 17.2 Å². The predicted molar refractivity (Wildman–Crippen MR) is 127 cm³/mol. The summed E-state index contributed by atoms with van der Waals surface area (Å²) in [4.78, 5) is 10.3. The topological polar surface area (TPSA) is 111 Å². The van der Waals surface area contributed by atoms with Crippen molar-refractivity contribution in [2.75, 3.05) is 44.7 Å². The number of benzene rings is 1. The number of aliphatic hydroxyl groups is 1. The van der Waals surface area contributed by atoms with Gasteiger partial charge in [0.1, 0.15) is 11.8 Å². The molecule has 0 saturated carbocycles. The number of methoxy groups -OCH3 is 3. The van der Waals surface area contributed by atoms with Crippen LogP contribution in [-0.4, -0.2) is 75.7 Å². The van der Waals surface area contributed by atoms with Crippen LogP contribution in [0.2, 0.25) is 0 Å². The summed E-state index contributed by atoms with van der Waals surface area (Å²) < 4.78 is 47.8. The Morgan fingerprint density at radius 1 is 1.17 bits per heavy atom. The Labute approximate surface area is 204 Å². The van der Waals surface area contributed by atoms with Gasteiger partial charge in [-0.15, -0.1) is 5.10 Å². The highest BCUT2D eigenvalue weighted by Gasteiger charge is 2.46. The first kappa shape index (κ1) is 23.6. The molecule has 1 aromatic carbocycles. The van der Waals surface area contributed by atoms with Crippen LogP contribution in [-0.2, 0) is 0 Å². The number of anilines is 3. The van der Waals surface area contributed by atoms with Crippen LogP contribution in [0.4, 0.5) is 26.4 Å². The summed E-state index contributed by atoms with van der Waals surface area (Å²) in [7, 11) is 4.60. The molecule has 1 fully saturated rings. The normalized spacial score (nSPS) is 16.9. The number of hydrogen-bond donors (Lipinski definition) is 2. The molecule has 13 heteroatoms. The van der Waals surface area contributed by atoms with Gasteiger partial charge >= 0.3 is 0 Å². The van der Waals surface area contributed by atoms with Gasteiger partial charge in [-0.25, -0.2) is 18.3 Å². The lowest BCUT2D eigenvalue weighted by molar-refractivity contribution is 0.0201. The average molecular weight is 501 g/mol. The maximum Gasteiger partial charge on any atom is 0.267 e. The molecular weight excluding hydrogens is 476 g/mol. The van der Waals surface area contributed by atoms with E-state index < -0.39 is 31.5 Å². The van der Waals surface area contributed by atoms with E-state index in [-0.39, 0.29) is 5.95 Å². The molecule has 0 radical (unpaired) electrons. The molecule has 0 aliphatic carbocycles. The predicted octanol–water partition coefficient (Wildman–Crippen LogP) is 2.89. The largest absolute Gasteiger partial charge is 0.493 e. The molecule has 2 N–H and O–H groups in total. The number of hydrogen-bond acceptors (Lipinski definition) is 9. The summed E-state index contributed by atoms with van der Waals surface area (Å²) in [5.41, 5.74) is 1.26. The molecule has 0 amide bonds. The van der Waals surface area contributed by atoms with Gasteiger partial charge in [-0.2, -0.15) is 4.98 Å². The van der Waals surface area contributed by atoms with Gasteiger partial charge in [-0.3, -0.25) is 0 Å². The Morgan fingerprint density at radius 2 is 1.92 bits per heavy atom. The fourth-order valence-electron chi connectivity index (χ4n) is 4.35. The average Bonchev–Trinajstić information content (AvgIpc) is 3.60. The third-order valence-corrected chi connectivity index (χ3v) is 6.00. The van der Waals surface area contributed by atoms with Gasteiger partial charge in [0.05, 0.1) is 52.4 Å². The first-order chi connectivity index (χ1) is 17.4. The number of halogens is 2. The van der Waals surface area contributed by atoms with Gasteiger partial charge in [0.25, 0.3) is 5.92 Å². The second kappa shape index (κ2) is 9.15. The fraction of sp³-hybridized carbons (Fsp3) is 0.348. The Morgan fingerprint density at radius 3 is 2.58 bits per heavy atom. The molecule has 1 saturated heterocycles. The minimum Gasteiger partial charge on any atom is -0.493 e. The van der Waals surface area contributed by atoms with E-state index in [0.717, 1.165) is 0 Å². The number of ether oxygens (including phenoxy) is 3. The third-order valence-electron chi connectivity index (χ3n) is 6.00. The van der Waals surface area contributed by atoms with Crippen LogP contribution < -0.4 is 24.4 Å². The summed E-state index contributed by atoms with van der Waals surface area (Å²) in [6.45, 7) is -0.945. The molecule has 0 bridgehead atoms.